The van der Waals surface area contributed by atoms with Crippen LogP contribution in [0.2, 0.25) is 0 Å². The first kappa shape index (κ1) is 8.56. The minimum atomic E-state index is -1.18. The van der Waals surface area contributed by atoms with Gasteiger partial charge in [0.05, 0.1) is 0 Å². The summed E-state index contributed by atoms with van der Waals surface area (Å²) >= 11 is -1.18. The van der Waals surface area contributed by atoms with Crippen molar-refractivity contribution in [3.05, 3.63) is 30.1 Å². The molecule has 0 spiro atoms. The number of rotatable bonds is 2. The minimum Gasteiger partial charge on any atom is -0.611 e. The molecule has 0 aliphatic carbocycles. The van der Waals surface area contributed by atoms with Gasteiger partial charge >= 0.3 is 0 Å². The summed E-state index contributed by atoms with van der Waals surface area (Å²) < 4.78 is 23.9. The molecule has 0 bridgehead atoms. The molecule has 11 heavy (non-hydrogen) atoms. The third-order valence-electron chi connectivity index (χ3n) is 1.34. The Kier molecular flexibility index (Phi) is 2.91. The molecule has 0 N–H and O–H groups in total. The summed E-state index contributed by atoms with van der Waals surface area (Å²) in [6, 6.07) is 6.15. The maximum Gasteiger partial charge on any atom is 0.188 e. The van der Waals surface area contributed by atoms with E-state index in [-0.39, 0.29) is 5.82 Å². The molecule has 1 nitrogen and oxygen atoms in total. The summed E-state index contributed by atoms with van der Waals surface area (Å²) in [6.07, 6.45) is 0. The quantitative estimate of drug-likeness (QED) is 0.625. The third kappa shape index (κ3) is 1.94. The van der Waals surface area contributed by atoms with Crippen molar-refractivity contribution < 1.29 is 8.94 Å². The highest BCUT2D eigenvalue weighted by molar-refractivity contribution is 7.91. The molecule has 0 aliphatic heterocycles. The molecule has 1 unspecified atom stereocenters. The summed E-state index contributed by atoms with van der Waals surface area (Å²) in [7, 11) is 0. The third-order valence-corrected chi connectivity index (χ3v) is 2.69. The lowest BCUT2D eigenvalue weighted by atomic mass is 10.3. The van der Waals surface area contributed by atoms with E-state index in [9.17, 15) is 8.94 Å². The Bertz CT molecular complexity index is 239. The monoisotopic (exact) mass is 172 g/mol. The van der Waals surface area contributed by atoms with Crippen LogP contribution in [0.1, 0.15) is 6.92 Å². The normalized spacial score (nSPS) is 13.0. The highest BCUT2D eigenvalue weighted by Gasteiger charge is 2.12. The van der Waals surface area contributed by atoms with E-state index < -0.39 is 11.2 Å². The van der Waals surface area contributed by atoms with Gasteiger partial charge in [-0.2, -0.15) is 0 Å². The van der Waals surface area contributed by atoms with Gasteiger partial charge in [0.2, 0.25) is 0 Å². The Hall–Kier alpha value is -0.540. The van der Waals surface area contributed by atoms with Gasteiger partial charge in [0, 0.05) is 0 Å². The Balaban J connectivity index is 2.93. The summed E-state index contributed by atoms with van der Waals surface area (Å²) in [4.78, 5) is 0.301. The van der Waals surface area contributed by atoms with Crippen LogP contribution in [-0.2, 0) is 11.2 Å². The summed E-state index contributed by atoms with van der Waals surface area (Å²) in [5.74, 6) is 0.0775. The Morgan fingerprint density at radius 3 is 2.64 bits per heavy atom. The van der Waals surface area contributed by atoms with Crippen molar-refractivity contribution >= 4 is 11.2 Å². The van der Waals surface area contributed by atoms with Crippen molar-refractivity contribution in [2.24, 2.45) is 0 Å². The fourth-order valence-electron chi connectivity index (χ4n) is 0.785. The Labute approximate surface area is 68.4 Å². The molecule has 0 aromatic heterocycles. The molecule has 0 fully saturated rings. The molecule has 0 saturated heterocycles. The van der Waals surface area contributed by atoms with Gasteiger partial charge in [0.25, 0.3) is 0 Å². The number of halogens is 1. The predicted molar refractivity (Wildman–Crippen MR) is 43.3 cm³/mol. The number of hydrogen-bond donors (Lipinski definition) is 0. The van der Waals surface area contributed by atoms with E-state index in [1.165, 1.54) is 6.07 Å². The Morgan fingerprint density at radius 1 is 1.45 bits per heavy atom. The van der Waals surface area contributed by atoms with Crippen molar-refractivity contribution in [1.29, 1.82) is 0 Å². The zero-order valence-corrected chi connectivity index (χ0v) is 7.03. The van der Waals surface area contributed by atoms with Crippen molar-refractivity contribution in [3.8, 4) is 0 Å². The van der Waals surface area contributed by atoms with E-state index in [0.29, 0.717) is 10.6 Å². The van der Waals surface area contributed by atoms with Crippen LogP contribution in [-0.4, -0.2) is 10.3 Å². The molecule has 1 rings (SSSR count). The van der Waals surface area contributed by atoms with Gasteiger partial charge < -0.3 is 4.55 Å². The first-order valence-corrected chi connectivity index (χ1v) is 4.70. The van der Waals surface area contributed by atoms with Crippen molar-refractivity contribution in [2.75, 3.05) is 5.75 Å². The first-order chi connectivity index (χ1) is 5.25. The second-order valence-corrected chi connectivity index (χ2v) is 3.77. The first-order valence-electron chi connectivity index (χ1n) is 3.38. The van der Waals surface area contributed by atoms with Gasteiger partial charge in [-0.1, -0.05) is 12.1 Å². The lowest BCUT2D eigenvalue weighted by molar-refractivity contribution is 0.567. The van der Waals surface area contributed by atoms with Gasteiger partial charge in [0.1, 0.15) is 5.75 Å². The zero-order valence-electron chi connectivity index (χ0n) is 6.21. The van der Waals surface area contributed by atoms with E-state index in [1.54, 1.807) is 25.1 Å². The smallest absolute Gasteiger partial charge is 0.188 e. The van der Waals surface area contributed by atoms with E-state index >= 15 is 0 Å². The van der Waals surface area contributed by atoms with Crippen LogP contribution in [0.5, 0.6) is 0 Å². The van der Waals surface area contributed by atoms with Crippen LogP contribution in [0.25, 0.3) is 0 Å². The molecule has 0 saturated carbocycles. The second-order valence-electron chi connectivity index (χ2n) is 2.06. The lowest BCUT2D eigenvalue weighted by Gasteiger charge is -2.07. The molecule has 0 radical (unpaired) electrons. The van der Waals surface area contributed by atoms with Crippen LogP contribution in [0.4, 0.5) is 4.39 Å². The van der Waals surface area contributed by atoms with Gasteiger partial charge in [0.15, 0.2) is 10.7 Å². The molecule has 60 valence electrons. The average molecular weight is 172 g/mol. The molecular weight excluding hydrogens is 163 g/mol. The van der Waals surface area contributed by atoms with Crippen LogP contribution in [0.15, 0.2) is 29.2 Å². The van der Waals surface area contributed by atoms with Crippen LogP contribution < -0.4 is 0 Å². The van der Waals surface area contributed by atoms with Crippen molar-refractivity contribution in [3.63, 3.8) is 0 Å². The van der Waals surface area contributed by atoms with E-state index in [0.717, 1.165) is 0 Å². The highest BCUT2D eigenvalue weighted by Crippen LogP contribution is 2.14. The largest absolute Gasteiger partial charge is 0.611 e. The molecule has 0 aliphatic rings. The predicted octanol–water partition coefficient (Wildman–Crippen LogP) is 1.95. The maximum absolute atomic E-state index is 12.8. The van der Waals surface area contributed by atoms with Gasteiger partial charge in [-0.05, 0) is 30.2 Å². The number of hydrogen-bond acceptors (Lipinski definition) is 1. The fraction of sp³-hybridized carbons (Fsp3) is 0.250. The molecule has 1 atom stereocenters. The zero-order chi connectivity index (χ0) is 8.27. The minimum absolute atomic E-state index is 0.301. The van der Waals surface area contributed by atoms with Crippen LogP contribution in [0.3, 0.4) is 0 Å². The van der Waals surface area contributed by atoms with Gasteiger partial charge in [-0.25, -0.2) is 4.39 Å². The van der Waals surface area contributed by atoms with E-state index in [2.05, 4.69) is 0 Å². The Morgan fingerprint density at radius 2 is 2.09 bits per heavy atom. The standard InChI is InChI=1S/C8H9FOS/c1-2-11(10)8-6-4-3-5-7(8)9/h3-6H,2H2,1H3. The lowest BCUT2D eigenvalue weighted by Crippen LogP contribution is -2.05. The molecule has 1 aromatic carbocycles. The van der Waals surface area contributed by atoms with E-state index in [4.69, 9.17) is 0 Å². The molecular formula is C8H9FOS. The van der Waals surface area contributed by atoms with Gasteiger partial charge in [-0.3, -0.25) is 0 Å². The maximum atomic E-state index is 12.8. The van der Waals surface area contributed by atoms with Crippen LogP contribution in [0, 0.1) is 5.82 Å². The van der Waals surface area contributed by atoms with E-state index in [1.807, 2.05) is 0 Å². The molecule has 1 aromatic rings. The number of benzene rings is 1. The fourth-order valence-corrected chi connectivity index (χ4v) is 1.61. The molecule has 0 heterocycles. The summed E-state index contributed by atoms with van der Waals surface area (Å²) in [5.41, 5.74) is 0. The second kappa shape index (κ2) is 3.74. The summed E-state index contributed by atoms with van der Waals surface area (Å²) in [6.45, 7) is 1.77. The van der Waals surface area contributed by atoms with Crippen molar-refractivity contribution in [2.45, 2.75) is 11.8 Å². The highest BCUT2D eigenvalue weighted by atomic mass is 32.2. The molecule has 0 amide bonds. The average Bonchev–Trinajstić information content (AvgIpc) is 2.04. The van der Waals surface area contributed by atoms with Crippen molar-refractivity contribution in [1.82, 2.24) is 0 Å². The SMILES string of the molecule is CC[S+]([O-])c1ccccc1F. The van der Waals surface area contributed by atoms with Crippen LogP contribution >= 0.6 is 0 Å². The topological polar surface area (TPSA) is 23.1 Å². The molecule has 3 heteroatoms. The van der Waals surface area contributed by atoms with Gasteiger partial charge in [-0.15, -0.1) is 0 Å². The summed E-state index contributed by atoms with van der Waals surface area (Å²) in [5, 5.41) is 0.